The topological polar surface area (TPSA) is 47.6 Å². The molecule has 0 spiro atoms. The first-order valence-electron chi connectivity index (χ1n) is 7.22. The zero-order valence-corrected chi connectivity index (χ0v) is 12.6. The molecule has 1 rings (SSSR count). The third-order valence-corrected chi connectivity index (χ3v) is 2.63. The molecule has 1 aromatic carbocycles. The molecule has 20 heavy (non-hydrogen) atoms. The van der Waals surface area contributed by atoms with Gasteiger partial charge in [0.1, 0.15) is 5.75 Å². The molecule has 0 radical (unpaired) electrons. The average Bonchev–Trinajstić information content (AvgIpc) is 2.43. The van der Waals surface area contributed by atoms with E-state index in [0.717, 1.165) is 18.8 Å². The second-order valence-corrected chi connectivity index (χ2v) is 5.04. The summed E-state index contributed by atoms with van der Waals surface area (Å²) in [5.41, 5.74) is 0.650. The van der Waals surface area contributed by atoms with E-state index in [4.69, 9.17) is 9.47 Å². The Morgan fingerprint density at radius 2 is 1.95 bits per heavy atom. The normalized spacial score (nSPS) is 10.6. The Morgan fingerprint density at radius 1 is 1.25 bits per heavy atom. The standard InChI is InChI=1S/C16H25NO3/c1-4-20-15-8-6-14(7-9-15)16(18)17-10-5-11-19-12-13(2)3/h6-9,13H,4-5,10-12H2,1-3H3,(H,17,18). The van der Waals surface area contributed by atoms with Crippen LogP contribution in [0.15, 0.2) is 24.3 Å². The number of hydrogen-bond donors (Lipinski definition) is 1. The fourth-order valence-corrected chi connectivity index (χ4v) is 1.67. The Morgan fingerprint density at radius 3 is 2.55 bits per heavy atom. The summed E-state index contributed by atoms with van der Waals surface area (Å²) in [6.45, 7) is 8.88. The molecule has 1 N–H and O–H groups in total. The molecule has 0 fully saturated rings. The molecule has 0 heterocycles. The molecule has 1 aromatic rings. The molecule has 112 valence electrons. The van der Waals surface area contributed by atoms with E-state index >= 15 is 0 Å². The lowest BCUT2D eigenvalue weighted by atomic mass is 10.2. The third kappa shape index (κ3) is 6.57. The van der Waals surface area contributed by atoms with E-state index < -0.39 is 0 Å². The average molecular weight is 279 g/mol. The summed E-state index contributed by atoms with van der Waals surface area (Å²) in [7, 11) is 0. The molecule has 0 aromatic heterocycles. The van der Waals surface area contributed by atoms with Gasteiger partial charge in [-0.15, -0.1) is 0 Å². The lowest BCUT2D eigenvalue weighted by Crippen LogP contribution is -2.25. The van der Waals surface area contributed by atoms with Gasteiger partial charge < -0.3 is 14.8 Å². The molecular formula is C16H25NO3. The number of amides is 1. The number of rotatable bonds is 9. The highest BCUT2D eigenvalue weighted by atomic mass is 16.5. The van der Waals surface area contributed by atoms with E-state index in [1.54, 1.807) is 12.1 Å². The zero-order chi connectivity index (χ0) is 14.8. The minimum absolute atomic E-state index is 0.0584. The van der Waals surface area contributed by atoms with Crippen molar-refractivity contribution < 1.29 is 14.3 Å². The molecule has 0 saturated carbocycles. The number of carbonyl (C=O) groups excluding carboxylic acids is 1. The predicted molar refractivity (Wildman–Crippen MR) is 80.2 cm³/mol. The monoisotopic (exact) mass is 279 g/mol. The van der Waals surface area contributed by atoms with Gasteiger partial charge in [0.2, 0.25) is 0 Å². The van der Waals surface area contributed by atoms with Gasteiger partial charge in [0.25, 0.3) is 5.91 Å². The van der Waals surface area contributed by atoms with Gasteiger partial charge in [0.15, 0.2) is 0 Å². The minimum Gasteiger partial charge on any atom is -0.494 e. The molecule has 0 aliphatic heterocycles. The summed E-state index contributed by atoms with van der Waals surface area (Å²) in [4.78, 5) is 11.9. The van der Waals surface area contributed by atoms with Gasteiger partial charge in [-0.3, -0.25) is 4.79 Å². The number of hydrogen-bond acceptors (Lipinski definition) is 3. The molecule has 0 atom stereocenters. The fraction of sp³-hybridized carbons (Fsp3) is 0.562. The second kappa shape index (κ2) is 9.37. The smallest absolute Gasteiger partial charge is 0.251 e. The maximum absolute atomic E-state index is 11.9. The van der Waals surface area contributed by atoms with Crippen molar-refractivity contribution in [2.24, 2.45) is 5.92 Å². The highest BCUT2D eigenvalue weighted by Crippen LogP contribution is 2.11. The Labute approximate surface area is 121 Å². The number of ether oxygens (including phenoxy) is 2. The summed E-state index contributed by atoms with van der Waals surface area (Å²) >= 11 is 0. The first-order chi connectivity index (χ1) is 9.63. The quantitative estimate of drug-likeness (QED) is 0.707. The van der Waals surface area contributed by atoms with Crippen LogP contribution in [0.3, 0.4) is 0 Å². The first kappa shape index (κ1) is 16.5. The van der Waals surface area contributed by atoms with Gasteiger partial charge in [-0.1, -0.05) is 13.8 Å². The molecular weight excluding hydrogens is 254 g/mol. The summed E-state index contributed by atoms with van der Waals surface area (Å²) in [6, 6.07) is 7.17. The van der Waals surface area contributed by atoms with Crippen LogP contribution in [-0.4, -0.2) is 32.3 Å². The van der Waals surface area contributed by atoms with E-state index in [9.17, 15) is 4.79 Å². The van der Waals surface area contributed by atoms with Crippen LogP contribution in [0.1, 0.15) is 37.6 Å². The Bertz CT molecular complexity index is 387. The Hall–Kier alpha value is -1.55. The van der Waals surface area contributed by atoms with Crippen LogP contribution in [-0.2, 0) is 4.74 Å². The van der Waals surface area contributed by atoms with Crippen molar-refractivity contribution in [2.75, 3.05) is 26.4 Å². The number of carbonyl (C=O) groups is 1. The van der Waals surface area contributed by atoms with Gasteiger partial charge in [-0.25, -0.2) is 0 Å². The molecule has 0 bridgehead atoms. The zero-order valence-electron chi connectivity index (χ0n) is 12.6. The molecule has 0 aliphatic rings. The minimum atomic E-state index is -0.0584. The fourth-order valence-electron chi connectivity index (χ4n) is 1.67. The van der Waals surface area contributed by atoms with Crippen LogP contribution >= 0.6 is 0 Å². The molecule has 0 unspecified atom stereocenters. The highest BCUT2D eigenvalue weighted by Gasteiger charge is 2.04. The summed E-state index contributed by atoms with van der Waals surface area (Å²) in [5, 5.41) is 2.88. The van der Waals surface area contributed by atoms with Crippen LogP contribution in [0.25, 0.3) is 0 Å². The van der Waals surface area contributed by atoms with Gasteiger partial charge >= 0.3 is 0 Å². The van der Waals surface area contributed by atoms with E-state index in [2.05, 4.69) is 19.2 Å². The SMILES string of the molecule is CCOc1ccc(C(=O)NCCCOCC(C)C)cc1. The second-order valence-electron chi connectivity index (χ2n) is 5.04. The van der Waals surface area contributed by atoms with E-state index in [1.807, 2.05) is 19.1 Å². The van der Waals surface area contributed by atoms with Crippen LogP contribution in [0.2, 0.25) is 0 Å². The van der Waals surface area contributed by atoms with Crippen molar-refractivity contribution in [1.29, 1.82) is 0 Å². The number of benzene rings is 1. The van der Waals surface area contributed by atoms with Crippen molar-refractivity contribution in [1.82, 2.24) is 5.32 Å². The van der Waals surface area contributed by atoms with Crippen molar-refractivity contribution in [2.45, 2.75) is 27.2 Å². The van der Waals surface area contributed by atoms with Crippen LogP contribution in [0, 0.1) is 5.92 Å². The van der Waals surface area contributed by atoms with E-state index in [1.165, 1.54) is 0 Å². The van der Waals surface area contributed by atoms with Gasteiger partial charge in [-0.05, 0) is 43.5 Å². The van der Waals surface area contributed by atoms with Crippen molar-refractivity contribution in [3.8, 4) is 5.75 Å². The largest absolute Gasteiger partial charge is 0.494 e. The summed E-state index contributed by atoms with van der Waals surface area (Å²) in [6.07, 6.45) is 0.829. The molecule has 0 aliphatic carbocycles. The predicted octanol–water partition coefficient (Wildman–Crippen LogP) is 2.88. The summed E-state index contributed by atoms with van der Waals surface area (Å²) in [5.74, 6) is 1.27. The highest BCUT2D eigenvalue weighted by molar-refractivity contribution is 5.94. The number of nitrogens with one attached hydrogen (secondary N) is 1. The van der Waals surface area contributed by atoms with Crippen LogP contribution < -0.4 is 10.1 Å². The van der Waals surface area contributed by atoms with Crippen molar-refractivity contribution >= 4 is 5.91 Å². The molecule has 4 nitrogen and oxygen atoms in total. The van der Waals surface area contributed by atoms with Crippen molar-refractivity contribution in [3.63, 3.8) is 0 Å². The maximum Gasteiger partial charge on any atom is 0.251 e. The molecule has 1 amide bonds. The lowest BCUT2D eigenvalue weighted by molar-refractivity contribution is 0.0925. The van der Waals surface area contributed by atoms with E-state index in [-0.39, 0.29) is 5.91 Å². The lowest BCUT2D eigenvalue weighted by Gasteiger charge is -2.08. The van der Waals surface area contributed by atoms with Crippen LogP contribution in [0.4, 0.5) is 0 Å². The van der Waals surface area contributed by atoms with Gasteiger partial charge in [-0.2, -0.15) is 0 Å². The van der Waals surface area contributed by atoms with Gasteiger partial charge in [0.05, 0.1) is 6.61 Å². The first-order valence-corrected chi connectivity index (χ1v) is 7.22. The summed E-state index contributed by atoms with van der Waals surface area (Å²) < 4.78 is 10.8. The Balaban J connectivity index is 2.22. The Kier molecular flexibility index (Phi) is 7.73. The van der Waals surface area contributed by atoms with Crippen molar-refractivity contribution in [3.05, 3.63) is 29.8 Å². The van der Waals surface area contributed by atoms with Gasteiger partial charge in [0, 0.05) is 25.3 Å². The maximum atomic E-state index is 11.9. The molecule has 0 saturated heterocycles. The van der Waals surface area contributed by atoms with E-state index in [0.29, 0.717) is 31.2 Å². The third-order valence-electron chi connectivity index (χ3n) is 2.63. The van der Waals surface area contributed by atoms with Crippen LogP contribution in [0.5, 0.6) is 5.75 Å². The molecule has 4 heteroatoms.